The zero-order valence-corrected chi connectivity index (χ0v) is 8.87. The molecule has 2 nitrogen and oxygen atoms in total. The molecule has 0 aliphatic heterocycles. The SMILES string of the molecule is CSc1ccc(Br)c(NC#N)c1. The van der Waals surface area contributed by atoms with Crippen molar-refractivity contribution in [3.8, 4) is 6.19 Å². The summed E-state index contributed by atoms with van der Waals surface area (Å²) in [5, 5.41) is 11.0. The van der Waals surface area contributed by atoms with E-state index in [2.05, 4.69) is 21.2 Å². The smallest absolute Gasteiger partial charge is 0.181 e. The highest BCUT2D eigenvalue weighted by atomic mass is 79.9. The molecule has 12 heavy (non-hydrogen) atoms. The van der Waals surface area contributed by atoms with Gasteiger partial charge in [-0.1, -0.05) is 0 Å². The molecule has 0 aromatic heterocycles. The molecule has 0 spiro atoms. The fourth-order valence-corrected chi connectivity index (χ4v) is 1.57. The Hall–Kier alpha value is -0.660. The Labute approximate surface area is 84.1 Å². The van der Waals surface area contributed by atoms with Crippen LogP contribution in [0.15, 0.2) is 27.6 Å². The van der Waals surface area contributed by atoms with Crippen molar-refractivity contribution in [2.45, 2.75) is 4.90 Å². The van der Waals surface area contributed by atoms with Crippen molar-refractivity contribution in [1.29, 1.82) is 5.26 Å². The fourth-order valence-electron chi connectivity index (χ4n) is 0.787. The number of nitriles is 1. The van der Waals surface area contributed by atoms with E-state index in [1.54, 1.807) is 11.8 Å². The summed E-state index contributed by atoms with van der Waals surface area (Å²) in [5.74, 6) is 0. The lowest BCUT2D eigenvalue weighted by atomic mass is 10.3. The summed E-state index contributed by atoms with van der Waals surface area (Å²) in [6, 6.07) is 5.85. The Morgan fingerprint density at radius 1 is 1.58 bits per heavy atom. The number of hydrogen-bond acceptors (Lipinski definition) is 3. The lowest BCUT2D eigenvalue weighted by molar-refractivity contribution is 1.40. The third-order valence-corrected chi connectivity index (χ3v) is 2.78. The average molecular weight is 243 g/mol. The first-order valence-corrected chi connectivity index (χ1v) is 5.28. The standard InChI is InChI=1S/C8H7BrN2S/c1-12-6-2-3-7(9)8(4-6)11-5-10/h2-4,11H,1H3. The largest absolute Gasteiger partial charge is 0.292 e. The van der Waals surface area contributed by atoms with Crippen LogP contribution >= 0.6 is 27.7 Å². The number of benzene rings is 1. The zero-order valence-electron chi connectivity index (χ0n) is 6.47. The Morgan fingerprint density at radius 2 is 2.33 bits per heavy atom. The highest BCUT2D eigenvalue weighted by molar-refractivity contribution is 9.10. The highest BCUT2D eigenvalue weighted by Gasteiger charge is 1.99. The number of hydrogen-bond donors (Lipinski definition) is 1. The Kier molecular flexibility index (Phi) is 3.45. The molecule has 1 rings (SSSR count). The predicted octanol–water partition coefficient (Wildman–Crippen LogP) is 3.06. The monoisotopic (exact) mass is 242 g/mol. The van der Waals surface area contributed by atoms with Gasteiger partial charge in [-0.05, 0) is 40.4 Å². The third kappa shape index (κ3) is 2.16. The van der Waals surface area contributed by atoms with Crippen LogP contribution in [-0.2, 0) is 0 Å². The summed E-state index contributed by atoms with van der Waals surface area (Å²) in [7, 11) is 0. The Bertz CT molecular complexity index is 319. The lowest BCUT2D eigenvalue weighted by Gasteiger charge is -2.02. The van der Waals surface area contributed by atoms with E-state index in [1.807, 2.05) is 30.6 Å². The van der Waals surface area contributed by atoms with Crippen molar-refractivity contribution < 1.29 is 0 Å². The van der Waals surface area contributed by atoms with Gasteiger partial charge in [0, 0.05) is 9.37 Å². The summed E-state index contributed by atoms with van der Waals surface area (Å²) in [5.41, 5.74) is 0.810. The molecular weight excluding hydrogens is 236 g/mol. The van der Waals surface area contributed by atoms with Crippen LogP contribution in [0, 0.1) is 11.5 Å². The summed E-state index contributed by atoms with van der Waals surface area (Å²) >= 11 is 4.99. The van der Waals surface area contributed by atoms with Gasteiger partial charge in [-0.2, -0.15) is 5.26 Å². The summed E-state index contributed by atoms with van der Waals surface area (Å²) in [6.07, 6.45) is 3.89. The minimum Gasteiger partial charge on any atom is -0.292 e. The van der Waals surface area contributed by atoms with Gasteiger partial charge in [-0.25, -0.2) is 0 Å². The van der Waals surface area contributed by atoms with Crippen LogP contribution in [0.2, 0.25) is 0 Å². The van der Waals surface area contributed by atoms with Gasteiger partial charge in [-0.3, -0.25) is 5.32 Å². The Balaban J connectivity index is 3.01. The average Bonchev–Trinajstić information content (AvgIpc) is 2.09. The number of nitrogens with zero attached hydrogens (tertiary/aromatic N) is 1. The molecule has 0 bridgehead atoms. The molecular formula is C8H7BrN2S. The second kappa shape index (κ2) is 4.39. The quantitative estimate of drug-likeness (QED) is 0.492. The van der Waals surface area contributed by atoms with E-state index in [4.69, 9.17) is 5.26 Å². The van der Waals surface area contributed by atoms with E-state index in [0.29, 0.717) is 0 Å². The summed E-state index contributed by atoms with van der Waals surface area (Å²) in [4.78, 5) is 1.14. The molecule has 0 fully saturated rings. The molecule has 1 N–H and O–H groups in total. The van der Waals surface area contributed by atoms with Crippen molar-refractivity contribution in [1.82, 2.24) is 0 Å². The first-order valence-electron chi connectivity index (χ1n) is 3.26. The number of rotatable bonds is 2. The molecule has 1 aromatic carbocycles. The molecule has 0 aliphatic rings. The van der Waals surface area contributed by atoms with Crippen LogP contribution in [0.3, 0.4) is 0 Å². The second-order valence-corrected chi connectivity index (χ2v) is 3.82. The molecule has 0 amide bonds. The highest BCUT2D eigenvalue weighted by Crippen LogP contribution is 2.27. The van der Waals surface area contributed by atoms with Gasteiger partial charge in [0.1, 0.15) is 0 Å². The van der Waals surface area contributed by atoms with Crippen LogP contribution in [0.5, 0.6) is 0 Å². The van der Waals surface area contributed by atoms with Gasteiger partial charge in [0.25, 0.3) is 0 Å². The van der Waals surface area contributed by atoms with Crippen molar-refractivity contribution in [2.24, 2.45) is 0 Å². The first-order chi connectivity index (χ1) is 5.77. The number of nitrogens with one attached hydrogen (secondary N) is 1. The van der Waals surface area contributed by atoms with Crippen LogP contribution in [-0.4, -0.2) is 6.26 Å². The molecule has 4 heteroatoms. The molecule has 0 heterocycles. The van der Waals surface area contributed by atoms with Crippen molar-refractivity contribution in [3.05, 3.63) is 22.7 Å². The van der Waals surface area contributed by atoms with Crippen LogP contribution in [0.25, 0.3) is 0 Å². The fraction of sp³-hybridized carbons (Fsp3) is 0.125. The molecule has 0 saturated heterocycles. The van der Waals surface area contributed by atoms with Crippen molar-refractivity contribution >= 4 is 33.4 Å². The summed E-state index contributed by atoms with van der Waals surface area (Å²) < 4.78 is 0.904. The topological polar surface area (TPSA) is 35.8 Å². The summed E-state index contributed by atoms with van der Waals surface area (Å²) in [6.45, 7) is 0. The molecule has 1 aromatic rings. The van der Waals surface area contributed by atoms with Crippen LogP contribution < -0.4 is 5.32 Å². The molecule has 0 saturated carbocycles. The Morgan fingerprint density at radius 3 is 2.92 bits per heavy atom. The lowest BCUT2D eigenvalue weighted by Crippen LogP contribution is -1.88. The van der Waals surface area contributed by atoms with E-state index in [-0.39, 0.29) is 0 Å². The van der Waals surface area contributed by atoms with Gasteiger partial charge in [0.05, 0.1) is 5.69 Å². The van der Waals surface area contributed by atoms with E-state index in [1.165, 1.54) is 0 Å². The maximum atomic E-state index is 8.42. The number of halogens is 1. The van der Waals surface area contributed by atoms with Gasteiger partial charge >= 0.3 is 0 Å². The van der Waals surface area contributed by atoms with E-state index in [9.17, 15) is 0 Å². The third-order valence-electron chi connectivity index (χ3n) is 1.36. The molecule has 0 radical (unpaired) electrons. The van der Waals surface area contributed by atoms with Gasteiger partial charge < -0.3 is 0 Å². The van der Waals surface area contributed by atoms with Crippen LogP contribution in [0.1, 0.15) is 0 Å². The number of anilines is 1. The van der Waals surface area contributed by atoms with E-state index >= 15 is 0 Å². The zero-order chi connectivity index (χ0) is 8.97. The molecule has 0 atom stereocenters. The van der Waals surface area contributed by atoms with Crippen molar-refractivity contribution in [3.63, 3.8) is 0 Å². The molecule has 0 aliphatic carbocycles. The van der Waals surface area contributed by atoms with Gasteiger partial charge in [0.2, 0.25) is 0 Å². The molecule has 0 unspecified atom stereocenters. The van der Waals surface area contributed by atoms with Gasteiger partial charge in [-0.15, -0.1) is 11.8 Å². The predicted molar refractivity (Wildman–Crippen MR) is 55.2 cm³/mol. The van der Waals surface area contributed by atoms with Crippen molar-refractivity contribution in [2.75, 3.05) is 11.6 Å². The normalized spacial score (nSPS) is 9.08. The van der Waals surface area contributed by atoms with Gasteiger partial charge in [0.15, 0.2) is 6.19 Å². The minimum atomic E-state index is 0.810. The van der Waals surface area contributed by atoms with E-state index < -0.39 is 0 Å². The maximum Gasteiger partial charge on any atom is 0.181 e. The van der Waals surface area contributed by atoms with Crippen LogP contribution in [0.4, 0.5) is 5.69 Å². The molecule has 62 valence electrons. The first kappa shape index (κ1) is 9.43. The second-order valence-electron chi connectivity index (χ2n) is 2.08. The number of thioether (sulfide) groups is 1. The van der Waals surface area contributed by atoms with E-state index in [0.717, 1.165) is 15.1 Å². The minimum absolute atomic E-state index is 0.810. The maximum absolute atomic E-state index is 8.42.